The van der Waals surface area contributed by atoms with Gasteiger partial charge in [-0.3, -0.25) is 0 Å². The molecule has 19 heavy (non-hydrogen) atoms. The number of hydrogen-bond donors (Lipinski definition) is 0. The van der Waals surface area contributed by atoms with E-state index in [0.29, 0.717) is 10.0 Å². The molecule has 0 aliphatic rings. The molecule has 0 N–H and O–H groups in total. The second-order valence-electron chi connectivity index (χ2n) is 4.27. The molecule has 0 aliphatic heterocycles. The van der Waals surface area contributed by atoms with Gasteiger partial charge >= 0.3 is 0 Å². The standard InChI is InChI=1S/C15H13Cl3O/c1-9-3-6-14(19-2)12(7-9)15(18)11-5-4-10(16)8-13(11)17/h3-8,15H,1-2H3. The third kappa shape index (κ3) is 3.17. The largest absolute Gasteiger partial charge is 0.496 e. The Bertz CT molecular complexity index is 596. The smallest absolute Gasteiger partial charge is 0.123 e. The van der Waals surface area contributed by atoms with Crippen molar-refractivity contribution in [1.82, 2.24) is 0 Å². The molecule has 0 bridgehead atoms. The van der Waals surface area contributed by atoms with Crippen molar-refractivity contribution >= 4 is 34.8 Å². The highest BCUT2D eigenvalue weighted by Gasteiger charge is 2.18. The number of aryl methyl sites for hydroxylation is 1. The van der Waals surface area contributed by atoms with E-state index in [-0.39, 0.29) is 5.38 Å². The molecule has 2 rings (SSSR count). The lowest BCUT2D eigenvalue weighted by Crippen LogP contribution is -1.99. The van der Waals surface area contributed by atoms with Gasteiger partial charge in [0.15, 0.2) is 0 Å². The fraction of sp³-hybridized carbons (Fsp3) is 0.200. The number of rotatable bonds is 3. The van der Waals surface area contributed by atoms with Crippen LogP contribution in [-0.2, 0) is 0 Å². The van der Waals surface area contributed by atoms with Crippen molar-refractivity contribution in [2.24, 2.45) is 0 Å². The lowest BCUT2D eigenvalue weighted by atomic mass is 10.0. The van der Waals surface area contributed by atoms with Crippen LogP contribution in [0.2, 0.25) is 10.0 Å². The maximum atomic E-state index is 6.54. The lowest BCUT2D eigenvalue weighted by Gasteiger charge is -2.16. The van der Waals surface area contributed by atoms with Crippen molar-refractivity contribution in [2.45, 2.75) is 12.3 Å². The number of halogens is 3. The summed E-state index contributed by atoms with van der Waals surface area (Å²) in [4.78, 5) is 0. The van der Waals surface area contributed by atoms with Crippen LogP contribution in [-0.4, -0.2) is 7.11 Å². The highest BCUT2D eigenvalue weighted by atomic mass is 35.5. The molecular weight excluding hydrogens is 303 g/mol. The van der Waals surface area contributed by atoms with E-state index in [4.69, 9.17) is 39.5 Å². The first-order valence-corrected chi connectivity index (χ1v) is 6.95. The van der Waals surface area contributed by atoms with Gasteiger partial charge in [-0.1, -0.05) is 47.0 Å². The maximum Gasteiger partial charge on any atom is 0.123 e. The number of benzene rings is 2. The zero-order chi connectivity index (χ0) is 14.0. The zero-order valence-corrected chi connectivity index (χ0v) is 12.9. The molecule has 0 aromatic heterocycles. The number of alkyl halides is 1. The van der Waals surface area contributed by atoms with Crippen LogP contribution in [0.5, 0.6) is 5.75 Å². The minimum Gasteiger partial charge on any atom is -0.496 e. The van der Waals surface area contributed by atoms with Gasteiger partial charge in [0.05, 0.1) is 12.5 Å². The van der Waals surface area contributed by atoms with Gasteiger partial charge in [-0.15, -0.1) is 11.6 Å². The third-order valence-corrected chi connectivity index (χ3v) is 3.93. The van der Waals surface area contributed by atoms with Crippen LogP contribution < -0.4 is 4.74 Å². The van der Waals surface area contributed by atoms with Crippen molar-refractivity contribution in [1.29, 1.82) is 0 Å². The molecule has 0 aliphatic carbocycles. The minimum atomic E-state index is -0.375. The number of ether oxygens (including phenoxy) is 1. The van der Waals surface area contributed by atoms with E-state index < -0.39 is 0 Å². The maximum absolute atomic E-state index is 6.54. The summed E-state index contributed by atoms with van der Waals surface area (Å²) >= 11 is 18.6. The van der Waals surface area contributed by atoms with Crippen LogP contribution in [0.4, 0.5) is 0 Å². The summed E-state index contributed by atoms with van der Waals surface area (Å²) in [7, 11) is 1.63. The van der Waals surface area contributed by atoms with Gasteiger partial charge in [-0.05, 0) is 30.7 Å². The summed E-state index contributed by atoms with van der Waals surface area (Å²) in [5.41, 5.74) is 2.83. The van der Waals surface area contributed by atoms with E-state index in [9.17, 15) is 0 Å². The van der Waals surface area contributed by atoms with E-state index >= 15 is 0 Å². The van der Waals surface area contributed by atoms with Gasteiger partial charge < -0.3 is 4.74 Å². The fourth-order valence-electron chi connectivity index (χ4n) is 1.93. The molecule has 0 amide bonds. The Labute approximate surface area is 128 Å². The topological polar surface area (TPSA) is 9.23 Å². The zero-order valence-electron chi connectivity index (χ0n) is 10.6. The minimum absolute atomic E-state index is 0.375. The SMILES string of the molecule is COc1ccc(C)cc1C(Cl)c1ccc(Cl)cc1Cl. The summed E-state index contributed by atoms with van der Waals surface area (Å²) in [5, 5.41) is 0.768. The Kier molecular flexibility index (Phi) is 4.62. The van der Waals surface area contributed by atoms with E-state index in [1.165, 1.54) is 0 Å². The van der Waals surface area contributed by atoms with E-state index in [0.717, 1.165) is 22.4 Å². The highest BCUT2D eigenvalue weighted by Crippen LogP contribution is 2.39. The molecule has 1 atom stereocenters. The predicted octanol–water partition coefficient (Wildman–Crippen LogP) is 5.64. The van der Waals surface area contributed by atoms with Crippen molar-refractivity contribution in [3.8, 4) is 5.75 Å². The molecule has 0 spiro atoms. The normalized spacial score (nSPS) is 12.3. The average Bonchev–Trinajstić information content (AvgIpc) is 2.38. The van der Waals surface area contributed by atoms with Gasteiger partial charge in [0.2, 0.25) is 0 Å². The Morgan fingerprint density at radius 3 is 2.37 bits per heavy atom. The van der Waals surface area contributed by atoms with Crippen LogP contribution in [0.3, 0.4) is 0 Å². The van der Waals surface area contributed by atoms with Crippen LogP contribution >= 0.6 is 34.8 Å². The predicted molar refractivity (Wildman–Crippen MR) is 81.9 cm³/mol. The molecule has 0 heterocycles. The molecule has 2 aromatic carbocycles. The molecule has 0 fully saturated rings. The molecule has 0 radical (unpaired) electrons. The Morgan fingerprint density at radius 1 is 1.00 bits per heavy atom. The molecule has 1 nitrogen and oxygen atoms in total. The average molecular weight is 316 g/mol. The third-order valence-electron chi connectivity index (χ3n) is 2.89. The Balaban J connectivity index is 2.49. The monoisotopic (exact) mass is 314 g/mol. The summed E-state index contributed by atoms with van der Waals surface area (Å²) in [5.74, 6) is 0.747. The van der Waals surface area contributed by atoms with E-state index in [2.05, 4.69) is 0 Å². The highest BCUT2D eigenvalue weighted by molar-refractivity contribution is 6.36. The molecule has 100 valence electrons. The van der Waals surface area contributed by atoms with Crippen LogP contribution in [0.1, 0.15) is 22.1 Å². The van der Waals surface area contributed by atoms with Crippen molar-refractivity contribution in [3.05, 3.63) is 63.1 Å². The first kappa shape index (κ1) is 14.5. The second kappa shape index (κ2) is 6.04. The van der Waals surface area contributed by atoms with Gasteiger partial charge in [0.1, 0.15) is 5.75 Å². The molecule has 1 unspecified atom stereocenters. The fourth-order valence-corrected chi connectivity index (χ4v) is 2.86. The summed E-state index contributed by atoms with van der Waals surface area (Å²) in [6.45, 7) is 2.01. The Hall–Kier alpha value is -0.890. The van der Waals surface area contributed by atoms with Crippen LogP contribution in [0, 0.1) is 6.92 Å². The van der Waals surface area contributed by atoms with Gasteiger partial charge in [-0.25, -0.2) is 0 Å². The van der Waals surface area contributed by atoms with Gasteiger partial charge in [0, 0.05) is 15.6 Å². The van der Waals surface area contributed by atoms with Crippen LogP contribution in [0.15, 0.2) is 36.4 Å². The number of methoxy groups -OCH3 is 1. The van der Waals surface area contributed by atoms with E-state index in [1.54, 1.807) is 19.2 Å². The molecule has 2 aromatic rings. The summed E-state index contributed by atoms with van der Waals surface area (Å²) < 4.78 is 5.35. The van der Waals surface area contributed by atoms with Gasteiger partial charge in [0.25, 0.3) is 0 Å². The summed E-state index contributed by atoms with van der Waals surface area (Å²) in [6.07, 6.45) is 0. The van der Waals surface area contributed by atoms with Gasteiger partial charge in [-0.2, -0.15) is 0 Å². The van der Waals surface area contributed by atoms with Crippen molar-refractivity contribution < 1.29 is 4.74 Å². The number of hydrogen-bond acceptors (Lipinski definition) is 1. The van der Waals surface area contributed by atoms with Crippen molar-refractivity contribution in [3.63, 3.8) is 0 Å². The van der Waals surface area contributed by atoms with Crippen molar-refractivity contribution in [2.75, 3.05) is 7.11 Å². The Morgan fingerprint density at radius 2 is 1.74 bits per heavy atom. The first-order chi connectivity index (χ1) is 9.02. The second-order valence-corrected chi connectivity index (χ2v) is 5.55. The lowest BCUT2D eigenvalue weighted by molar-refractivity contribution is 0.410. The molecule has 0 saturated carbocycles. The molecule has 0 saturated heterocycles. The first-order valence-electron chi connectivity index (χ1n) is 5.76. The quantitative estimate of drug-likeness (QED) is 0.666. The van der Waals surface area contributed by atoms with E-state index in [1.807, 2.05) is 31.2 Å². The molecule has 4 heteroatoms. The molecular formula is C15H13Cl3O. The summed E-state index contributed by atoms with van der Waals surface area (Å²) in [6, 6.07) is 11.2. The van der Waals surface area contributed by atoms with Crippen LogP contribution in [0.25, 0.3) is 0 Å².